The molecule has 3 aromatic carbocycles. The minimum absolute atomic E-state index is 0.182. The normalized spacial score (nSPS) is 15.5. The smallest absolute Gasteiger partial charge is 0.311 e. The fourth-order valence-electron chi connectivity index (χ4n) is 3.49. The van der Waals surface area contributed by atoms with Gasteiger partial charge in [-0.05, 0) is 30.3 Å². The molecule has 9 heteroatoms. The molecule has 2 N–H and O–H groups in total. The molecule has 0 radical (unpaired) electrons. The summed E-state index contributed by atoms with van der Waals surface area (Å²) in [7, 11) is 1.54. The first-order chi connectivity index (χ1) is 15.8. The van der Waals surface area contributed by atoms with Gasteiger partial charge in [0.15, 0.2) is 0 Å². The van der Waals surface area contributed by atoms with Gasteiger partial charge in [-0.3, -0.25) is 4.79 Å². The molecule has 0 fully saturated rings. The van der Waals surface area contributed by atoms with Gasteiger partial charge in [-0.2, -0.15) is 0 Å². The molecular formula is C24H19F3N4O2. The first-order valence-corrected chi connectivity index (χ1v) is 10.0. The van der Waals surface area contributed by atoms with Crippen molar-refractivity contribution in [3.05, 3.63) is 95.3 Å². The van der Waals surface area contributed by atoms with Crippen LogP contribution in [0.2, 0.25) is 0 Å². The average molecular weight is 452 g/mol. The lowest BCUT2D eigenvalue weighted by molar-refractivity contribution is -0.119. The molecule has 4 rings (SSSR count). The molecule has 0 saturated heterocycles. The number of fused-ring (bicyclic) bond motifs is 1. The number of likely N-dealkylation sites (N-methyl/N-ethyl adjacent to an activating group) is 1. The topological polar surface area (TPSA) is 73.8 Å². The van der Waals surface area contributed by atoms with Crippen molar-refractivity contribution in [3.63, 3.8) is 0 Å². The maximum absolute atomic E-state index is 14.6. The maximum Gasteiger partial charge on any atom is 0.321 e. The Balaban J connectivity index is 1.66. The van der Waals surface area contributed by atoms with Gasteiger partial charge < -0.3 is 15.5 Å². The van der Waals surface area contributed by atoms with Crippen LogP contribution in [0.25, 0.3) is 0 Å². The van der Waals surface area contributed by atoms with Gasteiger partial charge >= 0.3 is 6.03 Å². The summed E-state index contributed by atoms with van der Waals surface area (Å²) in [5.74, 6) is -1.05. The van der Waals surface area contributed by atoms with Gasteiger partial charge in [0, 0.05) is 29.4 Å². The SMILES string of the molecule is CN1C(=O)C(NC(=O)Nc2ccc(C(F)F)cc2)N=C(c2ccccc2F)c2ccccc21. The van der Waals surface area contributed by atoms with Gasteiger partial charge in [0.05, 0.1) is 11.4 Å². The zero-order valence-corrected chi connectivity index (χ0v) is 17.4. The zero-order valence-electron chi connectivity index (χ0n) is 17.4. The van der Waals surface area contributed by atoms with E-state index in [-0.39, 0.29) is 22.5 Å². The number of amides is 3. The summed E-state index contributed by atoms with van der Waals surface area (Å²) in [5.41, 5.74) is 1.52. The fourth-order valence-corrected chi connectivity index (χ4v) is 3.49. The molecule has 168 valence electrons. The molecule has 0 aliphatic carbocycles. The second kappa shape index (κ2) is 9.15. The molecule has 3 aromatic rings. The molecular weight excluding hydrogens is 433 g/mol. The Morgan fingerprint density at radius 2 is 1.61 bits per heavy atom. The summed E-state index contributed by atoms with van der Waals surface area (Å²) in [6.45, 7) is 0. The minimum atomic E-state index is -2.63. The number of nitrogens with one attached hydrogen (secondary N) is 2. The molecule has 6 nitrogen and oxygen atoms in total. The van der Waals surface area contributed by atoms with E-state index in [9.17, 15) is 22.8 Å². The molecule has 3 amide bonds. The van der Waals surface area contributed by atoms with E-state index in [1.54, 1.807) is 42.5 Å². The Hall–Kier alpha value is -4.14. The average Bonchev–Trinajstić information content (AvgIpc) is 2.90. The summed E-state index contributed by atoms with van der Waals surface area (Å²) < 4.78 is 40.1. The van der Waals surface area contributed by atoms with Gasteiger partial charge in [0.2, 0.25) is 6.17 Å². The van der Waals surface area contributed by atoms with E-state index in [1.807, 2.05) is 0 Å². The van der Waals surface area contributed by atoms with E-state index < -0.39 is 30.3 Å². The Morgan fingerprint density at radius 1 is 0.970 bits per heavy atom. The third-order valence-electron chi connectivity index (χ3n) is 5.16. The largest absolute Gasteiger partial charge is 0.321 e. The number of carbonyl (C=O) groups excluding carboxylic acids is 2. The lowest BCUT2D eigenvalue weighted by atomic mass is 10.00. The maximum atomic E-state index is 14.6. The molecule has 1 atom stereocenters. The first-order valence-electron chi connectivity index (χ1n) is 10.0. The number of rotatable bonds is 4. The van der Waals surface area contributed by atoms with E-state index in [2.05, 4.69) is 15.6 Å². The van der Waals surface area contributed by atoms with E-state index >= 15 is 0 Å². The Morgan fingerprint density at radius 3 is 2.27 bits per heavy atom. The number of nitrogens with zero attached hydrogens (tertiary/aromatic N) is 2. The first kappa shape index (κ1) is 22.1. The van der Waals surface area contributed by atoms with Crippen LogP contribution in [0.1, 0.15) is 23.1 Å². The number of urea groups is 1. The molecule has 1 aliphatic heterocycles. The van der Waals surface area contributed by atoms with E-state index in [4.69, 9.17) is 0 Å². The number of aliphatic imine (C=N–C) groups is 1. The zero-order chi connectivity index (χ0) is 23.5. The van der Waals surface area contributed by atoms with Crippen LogP contribution < -0.4 is 15.5 Å². The Kier molecular flexibility index (Phi) is 6.12. The van der Waals surface area contributed by atoms with Crippen molar-refractivity contribution in [1.82, 2.24) is 5.32 Å². The van der Waals surface area contributed by atoms with Gasteiger partial charge in [0.1, 0.15) is 5.82 Å². The Bertz CT molecular complexity index is 1230. The van der Waals surface area contributed by atoms with Crippen LogP contribution in [0.15, 0.2) is 77.8 Å². The second-order valence-corrected chi connectivity index (χ2v) is 7.30. The molecule has 1 unspecified atom stereocenters. The lowest BCUT2D eigenvalue weighted by Gasteiger charge is -2.21. The number of alkyl halides is 2. The molecule has 0 saturated carbocycles. The van der Waals surface area contributed by atoms with E-state index in [0.29, 0.717) is 11.3 Å². The summed E-state index contributed by atoms with van der Waals surface area (Å²) in [5, 5.41) is 4.97. The number of hydrogen-bond acceptors (Lipinski definition) is 3. The molecule has 0 bridgehead atoms. The van der Waals surface area contributed by atoms with Crippen LogP contribution >= 0.6 is 0 Å². The third-order valence-corrected chi connectivity index (χ3v) is 5.16. The number of para-hydroxylation sites is 1. The van der Waals surface area contributed by atoms with Gasteiger partial charge in [-0.25, -0.2) is 23.0 Å². The molecule has 0 aromatic heterocycles. The highest BCUT2D eigenvalue weighted by molar-refractivity contribution is 6.20. The van der Waals surface area contributed by atoms with Crippen molar-refractivity contribution in [1.29, 1.82) is 0 Å². The van der Waals surface area contributed by atoms with Crippen molar-refractivity contribution in [2.75, 3.05) is 17.3 Å². The summed E-state index contributed by atoms with van der Waals surface area (Å²) in [6.07, 6.45) is -3.97. The predicted octanol–water partition coefficient (Wildman–Crippen LogP) is 4.72. The molecule has 1 aliphatic rings. The standard InChI is InChI=1S/C24H19F3N4O2/c1-31-19-9-5-3-7-17(19)20(16-6-2-4-8-18(16)25)29-22(23(31)32)30-24(33)28-15-12-10-14(11-13-15)21(26)27/h2-13,21-22H,1H3,(H2,28,30,33). The number of benzodiazepines with no additional fused rings is 1. The summed E-state index contributed by atoms with van der Waals surface area (Å²) >= 11 is 0. The quantitative estimate of drug-likeness (QED) is 0.601. The number of carbonyl (C=O) groups is 2. The predicted molar refractivity (Wildman–Crippen MR) is 119 cm³/mol. The highest BCUT2D eigenvalue weighted by Gasteiger charge is 2.31. The molecule has 0 spiro atoms. The van der Waals surface area contributed by atoms with Gasteiger partial charge in [0.25, 0.3) is 12.3 Å². The molecule has 33 heavy (non-hydrogen) atoms. The van der Waals surface area contributed by atoms with Crippen molar-refractivity contribution in [2.24, 2.45) is 4.99 Å². The Labute approximate surface area is 187 Å². The monoisotopic (exact) mass is 452 g/mol. The number of hydrogen-bond donors (Lipinski definition) is 2. The van der Waals surface area contributed by atoms with Gasteiger partial charge in [-0.1, -0.05) is 42.5 Å². The van der Waals surface area contributed by atoms with Crippen LogP contribution in [0.3, 0.4) is 0 Å². The number of anilines is 2. The third kappa shape index (κ3) is 4.57. The summed E-state index contributed by atoms with van der Waals surface area (Å²) in [4.78, 5) is 31.4. The van der Waals surface area contributed by atoms with Gasteiger partial charge in [-0.15, -0.1) is 0 Å². The minimum Gasteiger partial charge on any atom is -0.311 e. The van der Waals surface area contributed by atoms with Crippen molar-refractivity contribution in [2.45, 2.75) is 12.6 Å². The van der Waals surface area contributed by atoms with Crippen LogP contribution in [-0.2, 0) is 4.79 Å². The van der Waals surface area contributed by atoms with E-state index in [1.165, 1.54) is 42.3 Å². The van der Waals surface area contributed by atoms with Crippen LogP contribution in [0.5, 0.6) is 0 Å². The van der Waals surface area contributed by atoms with Crippen LogP contribution in [0.4, 0.5) is 29.3 Å². The lowest BCUT2D eigenvalue weighted by Crippen LogP contribution is -2.47. The fraction of sp³-hybridized carbons (Fsp3) is 0.125. The molecule has 1 heterocycles. The second-order valence-electron chi connectivity index (χ2n) is 7.30. The van der Waals surface area contributed by atoms with Crippen LogP contribution in [-0.4, -0.2) is 30.9 Å². The highest BCUT2D eigenvalue weighted by Crippen LogP contribution is 2.28. The van der Waals surface area contributed by atoms with Crippen molar-refractivity contribution in [3.8, 4) is 0 Å². The number of halogens is 3. The summed E-state index contributed by atoms with van der Waals surface area (Å²) in [6, 6.07) is 17.2. The number of benzene rings is 3. The van der Waals surface area contributed by atoms with Crippen LogP contribution in [0, 0.1) is 5.82 Å². The van der Waals surface area contributed by atoms with E-state index in [0.717, 1.165) is 0 Å². The highest BCUT2D eigenvalue weighted by atomic mass is 19.3. The van der Waals surface area contributed by atoms with Crippen molar-refractivity contribution < 1.29 is 22.8 Å². The van der Waals surface area contributed by atoms with Crippen molar-refractivity contribution >= 4 is 29.0 Å².